The predicted molar refractivity (Wildman–Crippen MR) is 106 cm³/mol. The number of aromatic amines is 1. The number of thiazole rings is 1. The van der Waals surface area contributed by atoms with Crippen LogP contribution in [0.3, 0.4) is 0 Å². The lowest BCUT2D eigenvalue weighted by molar-refractivity contribution is -0.137. The van der Waals surface area contributed by atoms with Gasteiger partial charge < -0.3 is 14.5 Å². The van der Waals surface area contributed by atoms with Crippen molar-refractivity contribution in [2.45, 2.75) is 38.0 Å². The van der Waals surface area contributed by atoms with Crippen LogP contribution in [0.5, 0.6) is 0 Å². The van der Waals surface area contributed by atoms with Gasteiger partial charge in [-0.15, -0.1) is 11.3 Å². The molecule has 2 fully saturated rings. The Morgan fingerprint density at radius 3 is 2.75 bits per heavy atom. The van der Waals surface area contributed by atoms with Crippen molar-refractivity contribution in [3.05, 3.63) is 22.7 Å². The zero-order valence-electron chi connectivity index (χ0n) is 16.0. The van der Waals surface area contributed by atoms with Gasteiger partial charge in [0.2, 0.25) is 5.91 Å². The van der Waals surface area contributed by atoms with Gasteiger partial charge in [-0.25, -0.2) is 9.97 Å². The van der Waals surface area contributed by atoms with Gasteiger partial charge in [-0.05, 0) is 25.7 Å². The second kappa shape index (κ2) is 7.79. The maximum atomic E-state index is 13.1. The number of hydrogen-bond donors (Lipinski definition) is 1. The van der Waals surface area contributed by atoms with Crippen LogP contribution in [-0.4, -0.2) is 70.4 Å². The molecule has 8 nitrogen and oxygen atoms in total. The van der Waals surface area contributed by atoms with E-state index in [2.05, 4.69) is 25.0 Å². The topological polar surface area (TPSA) is 87.2 Å². The first-order valence-electron chi connectivity index (χ1n) is 10.2. The van der Waals surface area contributed by atoms with E-state index in [0.717, 1.165) is 88.1 Å². The van der Waals surface area contributed by atoms with Gasteiger partial charge >= 0.3 is 0 Å². The maximum Gasteiger partial charge on any atom is 0.226 e. The van der Waals surface area contributed by atoms with Crippen molar-refractivity contribution in [3.8, 4) is 0 Å². The number of ether oxygens (including phenoxy) is 1. The largest absolute Gasteiger partial charge is 0.378 e. The summed E-state index contributed by atoms with van der Waals surface area (Å²) in [5.74, 6) is 1.73. The second-order valence-corrected chi connectivity index (χ2v) is 8.94. The molecule has 5 rings (SSSR count). The fourth-order valence-corrected chi connectivity index (χ4v) is 5.66. The number of rotatable bonds is 3. The summed E-state index contributed by atoms with van der Waals surface area (Å²) in [6.45, 7) is 4.99. The molecule has 0 saturated carbocycles. The van der Waals surface area contributed by atoms with Crippen molar-refractivity contribution in [3.63, 3.8) is 0 Å². The maximum absolute atomic E-state index is 13.1. The number of nitrogens with one attached hydrogen (secondary N) is 1. The van der Waals surface area contributed by atoms with Crippen molar-refractivity contribution >= 4 is 22.4 Å². The number of hydrogen-bond acceptors (Lipinski definition) is 7. The molecule has 1 N–H and O–H groups in total. The number of aryl methyl sites for hydroxylation is 1. The van der Waals surface area contributed by atoms with Crippen LogP contribution in [0.4, 0.5) is 5.13 Å². The van der Waals surface area contributed by atoms with Gasteiger partial charge in [-0.2, -0.15) is 5.10 Å². The van der Waals surface area contributed by atoms with E-state index in [4.69, 9.17) is 9.72 Å². The van der Waals surface area contributed by atoms with Crippen molar-refractivity contribution in [2.24, 2.45) is 5.92 Å². The lowest BCUT2D eigenvalue weighted by Gasteiger charge is -2.34. The molecule has 0 spiro atoms. The van der Waals surface area contributed by atoms with Gasteiger partial charge in [0.05, 0.1) is 18.9 Å². The molecule has 150 valence electrons. The molecule has 1 unspecified atom stereocenters. The van der Waals surface area contributed by atoms with Crippen molar-refractivity contribution in [1.82, 2.24) is 25.1 Å². The van der Waals surface area contributed by atoms with E-state index in [1.165, 1.54) is 4.88 Å². The smallest absolute Gasteiger partial charge is 0.226 e. The minimum Gasteiger partial charge on any atom is -0.378 e. The number of aromatic nitrogens is 4. The van der Waals surface area contributed by atoms with Crippen molar-refractivity contribution in [2.75, 3.05) is 44.3 Å². The SMILES string of the molecule is O=C(C1CCc2sc(N3CCOCC3)nc2C1)N1CCC(c2ncn[nH]2)CC1. The number of carbonyl (C=O) groups is 1. The highest BCUT2D eigenvalue weighted by molar-refractivity contribution is 7.15. The Kier molecular flexibility index (Phi) is 5.02. The fraction of sp³-hybridized carbons (Fsp3) is 0.684. The number of morpholine rings is 1. The van der Waals surface area contributed by atoms with E-state index in [9.17, 15) is 4.79 Å². The van der Waals surface area contributed by atoms with E-state index < -0.39 is 0 Å². The van der Waals surface area contributed by atoms with Gasteiger partial charge in [0.15, 0.2) is 5.13 Å². The summed E-state index contributed by atoms with van der Waals surface area (Å²) in [6, 6.07) is 0. The average molecular weight is 403 g/mol. The molecular formula is C19H26N6O2S. The fourth-order valence-electron chi connectivity index (χ4n) is 4.51. The Morgan fingerprint density at radius 1 is 1.18 bits per heavy atom. The summed E-state index contributed by atoms with van der Waals surface area (Å²) < 4.78 is 5.45. The summed E-state index contributed by atoms with van der Waals surface area (Å²) in [7, 11) is 0. The standard InChI is InChI=1S/C19H26N6O2S/c26-18(24-5-3-13(4-6-24)17-20-12-21-23-17)14-1-2-16-15(11-14)22-19(28-16)25-7-9-27-10-8-25/h12-14H,1-11H2,(H,20,21,23). The number of piperidine rings is 1. The first-order valence-corrected chi connectivity index (χ1v) is 11.0. The van der Waals surface area contributed by atoms with Crippen LogP contribution in [-0.2, 0) is 22.4 Å². The minimum atomic E-state index is 0.0777. The summed E-state index contributed by atoms with van der Waals surface area (Å²) in [5.41, 5.74) is 1.15. The molecule has 2 aliphatic heterocycles. The van der Waals surface area contributed by atoms with Crippen LogP contribution in [0, 0.1) is 5.92 Å². The van der Waals surface area contributed by atoms with Crippen LogP contribution in [0.15, 0.2) is 6.33 Å². The molecule has 3 aliphatic rings. The molecule has 28 heavy (non-hydrogen) atoms. The molecule has 0 aromatic carbocycles. The average Bonchev–Trinajstić information content (AvgIpc) is 3.43. The van der Waals surface area contributed by atoms with Crippen LogP contribution in [0.1, 0.15) is 41.6 Å². The molecule has 1 atom stereocenters. The van der Waals surface area contributed by atoms with E-state index in [1.54, 1.807) is 6.33 Å². The molecule has 9 heteroatoms. The third kappa shape index (κ3) is 3.53. The van der Waals surface area contributed by atoms with E-state index in [-0.39, 0.29) is 5.92 Å². The number of likely N-dealkylation sites (tertiary alicyclic amines) is 1. The first kappa shape index (κ1) is 18.1. The lowest BCUT2D eigenvalue weighted by atomic mass is 9.88. The summed E-state index contributed by atoms with van der Waals surface area (Å²) in [6.07, 6.45) is 6.18. The first-order chi connectivity index (χ1) is 13.8. The van der Waals surface area contributed by atoms with Gasteiger partial charge in [0.25, 0.3) is 0 Å². The monoisotopic (exact) mass is 402 g/mol. The van der Waals surface area contributed by atoms with Crippen molar-refractivity contribution < 1.29 is 9.53 Å². The number of carbonyl (C=O) groups excluding carboxylic acids is 1. The highest BCUT2D eigenvalue weighted by atomic mass is 32.1. The molecule has 0 bridgehead atoms. The molecule has 2 aromatic rings. The quantitative estimate of drug-likeness (QED) is 0.839. The number of fused-ring (bicyclic) bond motifs is 1. The zero-order chi connectivity index (χ0) is 18.9. The van der Waals surface area contributed by atoms with Gasteiger partial charge in [-0.1, -0.05) is 0 Å². The van der Waals surface area contributed by atoms with Crippen molar-refractivity contribution in [1.29, 1.82) is 0 Å². The van der Waals surface area contributed by atoms with E-state index in [1.807, 2.05) is 11.3 Å². The molecule has 1 aliphatic carbocycles. The number of nitrogens with zero attached hydrogens (tertiary/aromatic N) is 5. The molecule has 2 aromatic heterocycles. The summed E-state index contributed by atoms with van der Waals surface area (Å²) >= 11 is 1.81. The molecule has 0 radical (unpaired) electrons. The highest BCUT2D eigenvalue weighted by Crippen LogP contribution is 2.35. The number of anilines is 1. The van der Waals surface area contributed by atoms with Crippen LogP contribution < -0.4 is 4.90 Å². The Morgan fingerprint density at radius 2 is 2.00 bits per heavy atom. The highest BCUT2D eigenvalue weighted by Gasteiger charge is 2.33. The van der Waals surface area contributed by atoms with E-state index >= 15 is 0 Å². The Balaban J connectivity index is 1.20. The minimum absolute atomic E-state index is 0.0777. The normalized spacial score (nSPS) is 23.6. The predicted octanol–water partition coefficient (Wildman–Crippen LogP) is 1.61. The van der Waals surface area contributed by atoms with Gasteiger partial charge in [0.1, 0.15) is 12.2 Å². The molecular weight excluding hydrogens is 376 g/mol. The third-order valence-corrected chi connectivity index (χ3v) is 7.40. The molecule has 1 amide bonds. The number of H-pyrrole nitrogens is 1. The zero-order valence-corrected chi connectivity index (χ0v) is 16.8. The van der Waals surface area contributed by atoms with Crippen LogP contribution in [0.25, 0.3) is 0 Å². The molecule has 4 heterocycles. The Bertz CT molecular complexity index is 809. The summed E-state index contributed by atoms with van der Waals surface area (Å²) in [4.78, 5) is 28.0. The Hall–Kier alpha value is -2.00. The molecule has 2 saturated heterocycles. The number of amides is 1. The summed E-state index contributed by atoms with van der Waals surface area (Å²) in [5, 5.41) is 8.03. The second-order valence-electron chi connectivity index (χ2n) is 7.88. The Labute approximate surface area is 168 Å². The lowest BCUT2D eigenvalue weighted by Crippen LogP contribution is -2.42. The van der Waals surface area contributed by atoms with Crippen LogP contribution >= 0.6 is 11.3 Å². The van der Waals surface area contributed by atoms with Gasteiger partial charge in [0, 0.05) is 49.3 Å². The van der Waals surface area contributed by atoms with Gasteiger partial charge in [-0.3, -0.25) is 9.89 Å². The van der Waals surface area contributed by atoms with Crippen LogP contribution in [0.2, 0.25) is 0 Å². The van der Waals surface area contributed by atoms with E-state index in [0.29, 0.717) is 11.8 Å². The third-order valence-electron chi connectivity index (χ3n) is 6.18.